The number of anilines is 1. The number of ether oxygens (including phenoxy) is 1. The molecule has 3 heterocycles. The van der Waals surface area contributed by atoms with Gasteiger partial charge in [-0.3, -0.25) is 9.79 Å². The molecule has 1 aromatic heterocycles. The minimum atomic E-state index is -0.537. The Morgan fingerprint density at radius 2 is 1.95 bits per heavy atom. The van der Waals surface area contributed by atoms with Gasteiger partial charge in [-0.2, -0.15) is 0 Å². The van der Waals surface area contributed by atoms with Crippen molar-refractivity contribution in [2.24, 2.45) is 4.99 Å². The van der Waals surface area contributed by atoms with Gasteiger partial charge < -0.3 is 24.3 Å². The highest BCUT2D eigenvalue weighted by Crippen LogP contribution is 2.36. The number of halogens is 1. The van der Waals surface area contributed by atoms with E-state index in [4.69, 9.17) is 9.15 Å². The highest BCUT2D eigenvalue weighted by molar-refractivity contribution is 8.01. The SMILES string of the molecule is Cc1cc2c(N3CCN(C(=O)OC(C)(C)C)CC3)ccc(C(=O)NC3=CC4SC(C)N=C4C(F)=C3)c2o1. The first-order chi connectivity index (χ1) is 17.5. The minimum absolute atomic E-state index is 0.0188. The summed E-state index contributed by atoms with van der Waals surface area (Å²) in [5, 5.41) is 3.44. The van der Waals surface area contributed by atoms with Crippen molar-refractivity contribution in [1.82, 2.24) is 10.2 Å². The molecule has 10 heteroatoms. The monoisotopic (exact) mass is 526 g/mol. The van der Waals surface area contributed by atoms with Crippen LogP contribution in [0.2, 0.25) is 0 Å². The van der Waals surface area contributed by atoms with Gasteiger partial charge in [0.15, 0.2) is 0 Å². The Kier molecular flexibility index (Phi) is 6.55. The largest absolute Gasteiger partial charge is 0.460 e. The number of amides is 2. The Bertz CT molecular complexity index is 1350. The normalized spacial score (nSPS) is 21.8. The van der Waals surface area contributed by atoms with E-state index in [2.05, 4.69) is 15.2 Å². The van der Waals surface area contributed by atoms with Crippen molar-refractivity contribution in [2.45, 2.75) is 50.8 Å². The van der Waals surface area contributed by atoms with E-state index in [1.165, 1.54) is 17.8 Å². The molecule has 0 saturated carbocycles. The van der Waals surface area contributed by atoms with Gasteiger partial charge in [-0.15, -0.1) is 11.8 Å². The van der Waals surface area contributed by atoms with E-state index in [1.807, 2.05) is 52.8 Å². The predicted octanol–water partition coefficient (Wildman–Crippen LogP) is 5.18. The smallest absolute Gasteiger partial charge is 0.410 e. The van der Waals surface area contributed by atoms with E-state index in [-0.39, 0.29) is 22.6 Å². The number of nitrogens with one attached hydrogen (secondary N) is 1. The van der Waals surface area contributed by atoms with Gasteiger partial charge in [0, 0.05) is 42.9 Å². The maximum atomic E-state index is 14.6. The van der Waals surface area contributed by atoms with E-state index >= 15 is 0 Å². The fourth-order valence-corrected chi connectivity index (χ4v) is 5.86. The van der Waals surface area contributed by atoms with Gasteiger partial charge in [0.1, 0.15) is 22.8 Å². The summed E-state index contributed by atoms with van der Waals surface area (Å²) >= 11 is 1.54. The van der Waals surface area contributed by atoms with Crippen molar-refractivity contribution >= 4 is 46.1 Å². The van der Waals surface area contributed by atoms with Crippen molar-refractivity contribution in [3.63, 3.8) is 0 Å². The van der Waals surface area contributed by atoms with Gasteiger partial charge in [0.2, 0.25) is 0 Å². The third kappa shape index (κ3) is 5.25. The van der Waals surface area contributed by atoms with E-state index in [0.717, 1.165) is 11.1 Å². The van der Waals surface area contributed by atoms with E-state index in [9.17, 15) is 14.0 Å². The Morgan fingerprint density at radius 3 is 2.65 bits per heavy atom. The predicted molar refractivity (Wildman–Crippen MR) is 144 cm³/mol. The number of furan rings is 1. The number of fused-ring (bicyclic) bond motifs is 2. The second-order valence-corrected chi connectivity index (χ2v) is 11.9. The molecule has 2 atom stereocenters. The third-order valence-corrected chi connectivity index (χ3v) is 7.50. The van der Waals surface area contributed by atoms with Crippen LogP contribution < -0.4 is 10.2 Å². The van der Waals surface area contributed by atoms with Crippen LogP contribution in [-0.2, 0) is 4.74 Å². The summed E-state index contributed by atoms with van der Waals surface area (Å²) in [6.45, 7) is 11.6. The van der Waals surface area contributed by atoms with Crippen LogP contribution >= 0.6 is 11.8 Å². The molecule has 0 bridgehead atoms. The third-order valence-electron chi connectivity index (χ3n) is 6.35. The van der Waals surface area contributed by atoms with Crippen molar-refractivity contribution in [3.05, 3.63) is 53.2 Å². The molecule has 1 N–H and O–H groups in total. The molecule has 5 rings (SSSR count). The summed E-state index contributed by atoms with van der Waals surface area (Å²) in [7, 11) is 0. The van der Waals surface area contributed by atoms with Crippen LogP contribution in [-0.4, -0.2) is 65.0 Å². The highest BCUT2D eigenvalue weighted by atomic mass is 32.2. The van der Waals surface area contributed by atoms with Gasteiger partial charge in [-0.25, -0.2) is 9.18 Å². The molecule has 2 aromatic rings. The first-order valence-electron chi connectivity index (χ1n) is 12.4. The number of carbonyl (C=O) groups excluding carboxylic acids is 2. The van der Waals surface area contributed by atoms with Crippen molar-refractivity contribution in [3.8, 4) is 0 Å². The van der Waals surface area contributed by atoms with Gasteiger partial charge in [0.05, 0.1) is 21.9 Å². The zero-order chi connectivity index (χ0) is 26.5. The summed E-state index contributed by atoms with van der Waals surface area (Å²) in [5.74, 6) is -0.101. The lowest BCUT2D eigenvalue weighted by Crippen LogP contribution is -2.50. The summed E-state index contributed by atoms with van der Waals surface area (Å²) in [6, 6.07) is 5.56. The highest BCUT2D eigenvalue weighted by Gasteiger charge is 2.32. The maximum Gasteiger partial charge on any atom is 0.410 e. The van der Waals surface area contributed by atoms with Crippen LogP contribution in [0, 0.1) is 6.92 Å². The van der Waals surface area contributed by atoms with Gasteiger partial charge in [-0.05, 0) is 65.0 Å². The lowest BCUT2D eigenvalue weighted by Gasteiger charge is -2.37. The van der Waals surface area contributed by atoms with Crippen LogP contribution in [0.3, 0.4) is 0 Å². The average Bonchev–Trinajstić information content (AvgIpc) is 3.39. The van der Waals surface area contributed by atoms with Crippen LogP contribution in [0.5, 0.6) is 0 Å². The standard InChI is InChI=1S/C27H31FN4O4S/c1-15-12-19-21(31-8-10-32(11-9-31)26(34)36-27(3,4)5)7-6-18(24(19)35-15)25(33)30-17-13-20(28)23-22(14-17)37-16(2)29-23/h6-7,12-14,16,22H,8-11H2,1-5H3,(H,30,33). The number of nitrogens with zero attached hydrogens (tertiary/aromatic N) is 3. The molecule has 1 fully saturated rings. The molecule has 2 unspecified atom stereocenters. The first-order valence-corrected chi connectivity index (χ1v) is 13.3. The quantitative estimate of drug-likeness (QED) is 0.593. The van der Waals surface area contributed by atoms with Crippen LogP contribution in [0.25, 0.3) is 11.0 Å². The number of thioether (sulfide) groups is 1. The van der Waals surface area contributed by atoms with E-state index in [1.54, 1.807) is 11.0 Å². The molecule has 2 aliphatic heterocycles. The fourth-order valence-electron chi connectivity index (χ4n) is 4.73. The number of aliphatic imine (C=N–C) groups is 1. The number of hydrogen-bond donors (Lipinski definition) is 1. The Hall–Kier alpha value is -3.27. The average molecular weight is 527 g/mol. The molecular weight excluding hydrogens is 495 g/mol. The molecule has 2 amide bonds. The molecule has 0 spiro atoms. The van der Waals surface area contributed by atoms with Crippen molar-refractivity contribution in [2.75, 3.05) is 31.1 Å². The summed E-state index contributed by atoms with van der Waals surface area (Å²) in [6.07, 6.45) is 2.83. The Balaban J connectivity index is 1.33. The lowest BCUT2D eigenvalue weighted by molar-refractivity contribution is 0.0240. The van der Waals surface area contributed by atoms with Crippen LogP contribution in [0.15, 0.2) is 51.3 Å². The Morgan fingerprint density at radius 1 is 1.22 bits per heavy atom. The number of allylic oxidation sites excluding steroid dienone is 2. The Labute approximate surface area is 219 Å². The first kappa shape index (κ1) is 25.4. The molecular formula is C27H31FN4O4S. The zero-order valence-electron chi connectivity index (χ0n) is 21.6. The molecule has 8 nitrogen and oxygen atoms in total. The molecule has 0 radical (unpaired) electrons. The molecule has 37 heavy (non-hydrogen) atoms. The zero-order valence-corrected chi connectivity index (χ0v) is 22.4. The molecule has 1 aromatic carbocycles. The van der Waals surface area contributed by atoms with Crippen LogP contribution in [0.4, 0.5) is 14.9 Å². The second kappa shape index (κ2) is 9.55. The van der Waals surface area contributed by atoms with Gasteiger partial charge >= 0.3 is 6.09 Å². The molecule has 1 saturated heterocycles. The number of hydrogen-bond acceptors (Lipinski definition) is 7. The number of rotatable bonds is 3. The number of carbonyl (C=O) groups is 2. The van der Waals surface area contributed by atoms with Crippen molar-refractivity contribution < 1.29 is 23.1 Å². The second-order valence-electron chi connectivity index (χ2n) is 10.4. The van der Waals surface area contributed by atoms with Gasteiger partial charge in [0.25, 0.3) is 5.91 Å². The lowest BCUT2D eigenvalue weighted by atomic mass is 10.1. The fraction of sp³-hybridized carbons (Fsp3) is 0.444. The summed E-state index contributed by atoms with van der Waals surface area (Å²) in [4.78, 5) is 33.9. The summed E-state index contributed by atoms with van der Waals surface area (Å²) in [5.41, 5.74) is 2.09. The topological polar surface area (TPSA) is 87.4 Å². The summed E-state index contributed by atoms with van der Waals surface area (Å²) < 4.78 is 26.0. The minimum Gasteiger partial charge on any atom is -0.460 e. The number of benzene rings is 1. The van der Waals surface area contributed by atoms with E-state index < -0.39 is 11.4 Å². The number of piperazine rings is 1. The molecule has 3 aliphatic rings. The number of aryl methyl sites for hydroxylation is 1. The van der Waals surface area contributed by atoms with E-state index in [0.29, 0.717) is 54.5 Å². The van der Waals surface area contributed by atoms with Crippen molar-refractivity contribution in [1.29, 1.82) is 0 Å². The molecule has 1 aliphatic carbocycles. The van der Waals surface area contributed by atoms with Crippen LogP contribution in [0.1, 0.15) is 43.8 Å². The molecule has 196 valence electrons. The maximum absolute atomic E-state index is 14.6. The van der Waals surface area contributed by atoms with Gasteiger partial charge in [-0.1, -0.05) is 0 Å².